The fourth-order valence-corrected chi connectivity index (χ4v) is 2.53. The van der Waals surface area contributed by atoms with Crippen LogP contribution in [0.3, 0.4) is 0 Å². The molecular weight excluding hydrogens is 214 g/mol. The van der Waals surface area contributed by atoms with Crippen LogP contribution in [0.25, 0.3) is 0 Å². The summed E-state index contributed by atoms with van der Waals surface area (Å²) < 4.78 is 5.71. The lowest BCUT2D eigenvalue weighted by atomic mass is 9.91. The van der Waals surface area contributed by atoms with Gasteiger partial charge in [0, 0.05) is 0 Å². The predicted octanol–water partition coefficient (Wildman–Crippen LogP) is 2.53. The summed E-state index contributed by atoms with van der Waals surface area (Å²) in [5.41, 5.74) is 3.60. The Balaban J connectivity index is 2.01. The quantitative estimate of drug-likeness (QED) is 0.745. The van der Waals surface area contributed by atoms with Crippen LogP contribution in [0.2, 0.25) is 0 Å². The number of hydrogen-bond acceptors (Lipinski definition) is 2. The molecule has 1 amide bonds. The molecule has 1 aromatic carbocycles. The lowest BCUT2D eigenvalue weighted by Gasteiger charge is -2.18. The van der Waals surface area contributed by atoms with E-state index in [1.807, 2.05) is 6.92 Å². The van der Waals surface area contributed by atoms with Gasteiger partial charge in [-0.3, -0.25) is 4.79 Å². The third kappa shape index (κ3) is 1.90. The zero-order valence-corrected chi connectivity index (χ0v) is 10.1. The van der Waals surface area contributed by atoms with Crippen LogP contribution in [0.1, 0.15) is 30.9 Å². The van der Waals surface area contributed by atoms with Gasteiger partial charge in [-0.15, -0.1) is 0 Å². The molecule has 3 nitrogen and oxygen atoms in total. The molecule has 0 spiro atoms. The highest BCUT2D eigenvalue weighted by Gasteiger charge is 2.22. The first-order valence-corrected chi connectivity index (χ1v) is 6.33. The molecule has 17 heavy (non-hydrogen) atoms. The second kappa shape index (κ2) is 4.06. The molecule has 1 heterocycles. The van der Waals surface area contributed by atoms with E-state index in [0.29, 0.717) is 6.61 Å². The molecule has 2 aliphatic rings. The smallest absolute Gasteiger partial charge is 0.230 e. The predicted molar refractivity (Wildman–Crippen MR) is 66.4 cm³/mol. The van der Waals surface area contributed by atoms with Crippen LogP contribution in [-0.4, -0.2) is 12.5 Å². The molecule has 3 heteroatoms. The SMILES string of the molecule is CC1COc2cc3c(cc2NC1=O)CCCC3. The largest absolute Gasteiger partial charge is 0.491 e. The average molecular weight is 231 g/mol. The van der Waals surface area contributed by atoms with Crippen LogP contribution in [-0.2, 0) is 17.6 Å². The highest BCUT2D eigenvalue weighted by molar-refractivity contribution is 5.94. The molecular formula is C14H17NO2. The summed E-state index contributed by atoms with van der Waals surface area (Å²) in [5.74, 6) is 0.808. The third-order valence-corrected chi connectivity index (χ3v) is 3.64. The van der Waals surface area contributed by atoms with Crippen molar-refractivity contribution in [3.8, 4) is 5.75 Å². The number of carbonyl (C=O) groups excluding carboxylic acids is 1. The van der Waals surface area contributed by atoms with Crippen molar-refractivity contribution in [1.29, 1.82) is 0 Å². The van der Waals surface area contributed by atoms with Gasteiger partial charge < -0.3 is 10.1 Å². The molecule has 0 bridgehead atoms. The third-order valence-electron chi connectivity index (χ3n) is 3.64. The summed E-state index contributed by atoms with van der Waals surface area (Å²) in [5, 5.41) is 2.96. The second-order valence-electron chi connectivity index (χ2n) is 5.03. The van der Waals surface area contributed by atoms with Gasteiger partial charge in [0.2, 0.25) is 5.91 Å². The van der Waals surface area contributed by atoms with Gasteiger partial charge in [-0.1, -0.05) is 6.92 Å². The van der Waals surface area contributed by atoms with Gasteiger partial charge in [0.25, 0.3) is 0 Å². The summed E-state index contributed by atoms with van der Waals surface area (Å²) in [6.45, 7) is 2.36. The highest BCUT2D eigenvalue weighted by Crippen LogP contribution is 2.34. The lowest BCUT2D eigenvalue weighted by molar-refractivity contribution is -0.119. The number of amides is 1. The molecule has 90 valence electrons. The number of fused-ring (bicyclic) bond motifs is 2. The van der Waals surface area contributed by atoms with Crippen molar-refractivity contribution in [2.24, 2.45) is 5.92 Å². The Hall–Kier alpha value is -1.51. The zero-order valence-electron chi connectivity index (χ0n) is 10.1. The van der Waals surface area contributed by atoms with Crippen molar-refractivity contribution in [2.45, 2.75) is 32.6 Å². The first-order chi connectivity index (χ1) is 8.24. The molecule has 1 aromatic rings. The highest BCUT2D eigenvalue weighted by atomic mass is 16.5. The Morgan fingerprint density at radius 3 is 2.71 bits per heavy atom. The van der Waals surface area contributed by atoms with Crippen molar-refractivity contribution in [3.05, 3.63) is 23.3 Å². The molecule has 3 rings (SSSR count). The Bertz CT molecular complexity index is 468. The van der Waals surface area contributed by atoms with Gasteiger partial charge in [0.1, 0.15) is 5.75 Å². The van der Waals surface area contributed by atoms with E-state index in [-0.39, 0.29) is 11.8 Å². The van der Waals surface area contributed by atoms with Gasteiger partial charge in [-0.25, -0.2) is 0 Å². The van der Waals surface area contributed by atoms with E-state index in [2.05, 4.69) is 17.4 Å². The number of carbonyl (C=O) groups is 1. The Kier molecular flexibility index (Phi) is 2.54. The summed E-state index contributed by atoms with van der Waals surface area (Å²) in [7, 11) is 0. The number of ether oxygens (including phenoxy) is 1. The monoisotopic (exact) mass is 231 g/mol. The first kappa shape index (κ1) is 10.6. The maximum absolute atomic E-state index is 11.8. The van der Waals surface area contributed by atoms with E-state index in [1.165, 1.54) is 24.0 Å². The van der Waals surface area contributed by atoms with Crippen molar-refractivity contribution in [1.82, 2.24) is 0 Å². The number of benzene rings is 1. The van der Waals surface area contributed by atoms with E-state index in [0.717, 1.165) is 24.3 Å². The van der Waals surface area contributed by atoms with E-state index >= 15 is 0 Å². The number of hydrogen-bond donors (Lipinski definition) is 1. The number of aryl methyl sites for hydroxylation is 2. The van der Waals surface area contributed by atoms with Gasteiger partial charge in [-0.05, 0) is 48.9 Å². The van der Waals surface area contributed by atoms with Crippen LogP contribution < -0.4 is 10.1 Å². The molecule has 1 aliphatic carbocycles. The summed E-state index contributed by atoms with van der Waals surface area (Å²) in [6.07, 6.45) is 4.76. The Labute approximate surface area is 101 Å². The molecule has 1 N–H and O–H groups in total. The van der Waals surface area contributed by atoms with Crippen LogP contribution in [0.5, 0.6) is 5.75 Å². The second-order valence-corrected chi connectivity index (χ2v) is 5.03. The minimum Gasteiger partial charge on any atom is -0.491 e. The van der Waals surface area contributed by atoms with Crippen molar-refractivity contribution < 1.29 is 9.53 Å². The van der Waals surface area contributed by atoms with Crippen LogP contribution in [0.4, 0.5) is 5.69 Å². The maximum Gasteiger partial charge on any atom is 0.230 e. The number of rotatable bonds is 0. The van der Waals surface area contributed by atoms with E-state index in [1.54, 1.807) is 0 Å². The van der Waals surface area contributed by atoms with Crippen LogP contribution in [0, 0.1) is 5.92 Å². The van der Waals surface area contributed by atoms with E-state index in [9.17, 15) is 4.79 Å². The van der Waals surface area contributed by atoms with Gasteiger partial charge in [0.05, 0.1) is 18.2 Å². The van der Waals surface area contributed by atoms with Crippen molar-refractivity contribution >= 4 is 11.6 Å². The normalized spacial score (nSPS) is 22.9. The molecule has 0 saturated heterocycles. The standard InChI is InChI=1S/C14H17NO2/c1-9-8-17-13-7-11-5-3-2-4-10(11)6-12(13)15-14(9)16/h6-7,9H,2-5,8H2,1H3,(H,15,16). The topological polar surface area (TPSA) is 38.3 Å². The van der Waals surface area contributed by atoms with Crippen molar-refractivity contribution in [2.75, 3.05) is 11.9 Å². The van der Waals surface area contributed by atoms with Gasteiger partial charge >= 0.3 is 0 Å². The number of nitrogens with one attached hydrogen (secondary N) is 1. The maximum atomic E-state index is 11.8. The van der Waals surface area contributed by atoms with Crippen LogP contribution >= 0.6 is 0 Å². The summed E-state index contributed by atoms with van der Waals surface area (Å²) in [6, 6.07) is 4.21. The molecule has 0 saturated carbocycles. The van der Waals surface area contributed by atoms with E-state index in [4.69, 9.17) is 4.74 Å². The average Bonchev–Trinajstić information content (AvgIpc) is 2.47. The first-order valence-electron chi connectivity index (χ1n) is 6.33. The lowest BCUT2D eigenvalue weighted by Crippen LogP contribution is -2.22. The Morgan fingerprint density at radius 1 is 1.24 bits per heavy atom. The molecule has 0 fully saturated rings. The summed E-state index contributed by atoms with van der Waals surface area (Å²) >= 11 is 0. The van der Waals surface area contributed by atoms with Gasteiger partial charge in [0.15, 0.2) is 0 Å². The fraction of sp³-hybridized carbons (Fsp3) is 0.500. The minimum atomic E-state index is -0.0839. The molecule has 0 aromatic heterocycles. The van der Waals surface area contributed by atoms with Crippen molar-refractivity contribution in [3.63, 3.8) is 0 Å². The Morgan fingerprint density at radius 2 is 1.94 bits per heavy atom. The van der Waals surface area contributed by atoms with Crippen LogP contribution in [0.15, 0.2) is 12.1 Å². The minimum absolute atomic E-state index is 0.0551. The molecule has 1 unspecified atom stereocenters. The number of anilines is 1. The molecule has 0 radical (unpaired) electrons. The summed E-state index contributed by atoms with van der Waals surface area (Å²) in [4.78, 5) is 11.8. The van der Waals surface area contributed by atoms with E-state index < -0.39 is 0 Å². The zero-order chi connectivity index (χ0) is 11.8. The molecule has 1 aliphatic heterocycles. The van der Waals surface area contributed by atoms with Gasteiger partial charge in [-0.2, -0.15) is 0 Å². The fourth-order valence-electron chi connectivity index (χ4n) is 2.53. The molecule has 1 atom stereocenters.